The van der Waals surface area contributed by atoms with E-state index in [-0.39, 0.29) is 6.54 Å². The van der Waals surface area contributed by atoms with E-state index in [0.29, 0.717) is 11.7 Å². The van der Waals surface area contributed by atoms with Crippen LogP contribution in [-0.2, 0) is 6.54 Å². The lowest BCUT2D eigenvalue weighted by atomic mass is 10.2. The molecule has 2 N–H and O–H groups in total. The van der Waals surface area contributed by atoms with E-state index in [1.807, 2.05) is 25.1 Å². The van der Waals surface area contributed by atoms with Crippen molar-refractivity contribution in [2.24, 2.45) is 5.73 Å². The van der Waals surface area contributed by atoms with Crippen LogP contribution in [0.1, 0.15) is 10.9 Å². The maximum absolute atomic E-state index is 5.45. The van der Waals surface area contributed by atoms with E-state index in [0.717, 1.165) is 20.8 Å². The van der Waals surface area contributed by atoms with Gasteiger partial charge in [-0.1, -0.05) is 11.2 Å². The third-order valence-corrected chi connectivity index (χ3v) is 3.35. The van der Waals surface area contributed by atoms with Gasteiger partial charge in [0.2, 0.25) is 11.7 Å². The lowest BCUT2D eigenvalue weighted by Gasteiger charge is -1.94. The first-order chi connectivity index (χ1) is 8.28. The first-order valence-electron chi connectivity index (χ1n) is 5.17. The van der Waals surface area contributed by atoms with E-state index in [1.54, 1.807) is 11.3 Å². The van der Waals surface area contributed by atoms with Crippen LogP contribution in [0, 0.1) is 6.92 Å². The molecule has 0 radical (unpaired) electrons. The van der Waals surface area contributed by atoms with E-state index < -0.39 is 0 Å². The SMILES string of the molecule is Cc1nc2c(-c3noc(CN)n3)cccc2s1. The van der Waals surface area contributed by atoms with E-state index in [9.17, 15) is 0 Å². The van der Waals surface area contributed by atoms with E-state index >= 15 is 0 Å². The van der Waals surface area contributed by atoms with Gasteiger partial charge in [0.25, 0.3) is 0 Å². The number of fused-ring (bicyclic) bond motifs is 1. The first kappa shape index (κ1) is 10.4. The Bertz CT molecular complexity index is 673. The number of rotatable bonds is 2. The second kappa shape index (κ2) is 3.90. The lowest BCUT2D eigenvalue weighted by Crippen LogP contribution is -1.95. The Morgan fingerprint density at radius 2 is 2.24 bits per heavy atom. The molecule has 0 spiro atoms. The summed E-state index contributed by atoms with van der Waals surface area (Å²) < 4.78 is 6.14. The van der Waals surface area contributed by atoms with Gasteiger partial charge in [-0.3, -0.25) is 0 Å². The molecule has 3 rings (SSSR count). The maximum atomic E-state index is 5.45. The zero-order chi connectivity index (χ0) is 11.8. The van der Waals surface area contributed by atoms with Crippen LogP contribution in [0.3, 0.4) is 0 Å². The smallest absolute Gasteiger partial charge is 0.240 e. The molecule has 86 valence electrons. The van der Waals surface area contributed by atoms with Crippen LogP contribution >= 0.6 is 11.3 Å². The summed E-state index contributed by atoms with van der Waals surface area (Å²) >= 11 is 1.65. The average molecular weight is 246 g/mol. The highest BCUT2D eigenvalue weighted by atomic mass is 32.1. The molecule has 5 nitrogen and oxygen atoms in total. The molecule has 2 aromatic heterocycles. The maximum Gasteiger partial charge on any atom is 0.240 e. The van der Waals surface area contributed by atoms with E-state index in [1.165, 1.54) is 0 Å². The van der Waals surface area contributed by atoms with Crippen LogP contribution in [0.4, 0.5) is 0 Å². The largest absolute Gasteiger partial charge is 0.338 e. The third-order valence-electron chi connectivity index (χ3n) is 2.41. The number of aryl methyl sites for hydroxylation is 1. The number of thiazole rings is 1. The quantitative estimate of drug-likeness (QED) is 0.749. The Labute approximate surface area is 101 Å². The standard InChI is InChI=1S/C11H10N4OS/c1-6-13-10-7(3-2-4-8(10)17-6)11-14-9(5-12)16-15-11/h2-4H,5,12H2,1H3. The van der Waals surface area contributed by atoms with Crippen LogP contribution < -0.4 is 5.73 Å². The summed E-state index contributed by atoms with van der Waals surface area (Å²) in [6.45, 7) is 2.23. The number of nitrogens with zero attached hydrogens (tertiary/aromatic N) is 3. The fourth-order valence-electron chi connectivity index (χ4n) is 1.69. The zero-order valence-electron chi connectivity index (χ0n) is 9.17. The van der Waals surface area contributed by atoms with Gasteiger partial charge in [0.05, 0.1) is 21.8 Å². The molecule has 2 heterocycles. The molecule has 0 aliphatic heterocycles. The van der Waals surface area contributed by atoms with Crippen molar-refractivity contribution in [2.75, 3.05) is 0 Å². The van der Waals surface area contributed by atoms with Gasteiger partial charge in [0, 0.05) is 5.56 Å². The van der Waals surface area contributed by atoms with Crippen molar-refractivity contribution in [1.82, 2.24) is 15.1 Å². The molecule has 1 aromatic carbocycles. The highest BCUT2D eigenvalue weighted by Gasteiger charge is 2.13. The second-order valence-electron chi connectivity index (χ2n) is 3.60. The minimum atomic E-state index is 0.249. The summed E-state index contributed by atoms with van der Waals surface area (Å²) in [5.41, 5.74) is 7.25. The van der Waals surface area contributed by atoms with Crippen molar-refractivity contribution in [2.45, 2.75) is 13.5 Å². The highest BCUT2D eigenvalue weighted by molar-refractivity contribution is 7.18. The Hall–Kier alpha value is -1.79. The highest BCUT2D eigenvalue weighted by Crippen LogP contribution is 2.29. The van der Waals surface area contributed by atoms with Gasteiger partial charge >= 0.3 is 0 Å². The van der Waals surface area contributed by atoms with Crippen molar-refractivity contribution in [3.63, 3.8) is 0 Å². The molecule has 0 fully saturated rings. The predicted molar refractivity (Wildman–Crippen MR) is 65.5 cm³/mol. The summed E-state index contributed by atoms with van der Waals surface area (Å²) in [5, 5.41) is 4.94. The predicted octanol–water partition coefficient (Wildman–Crippen LogP) is 2.11. The van der Waals surface area contributed by atoms with Gasteiger partial charge in [-0.25, -0.2) is 4.98 Å². The molecule has 0 aliphatic carbocycles. The fraction of sp³-hybridized carbons (Fsp3) is 0.182. The molecule has 0 unspecified atom stereocenters. The van der Waals surface area contributed by atoms with Crippen LogP contribution in [0.15, 0.2) is 22.7 Å². The fourth-order valence-corrected chi connectivity index (χ4v) is 2.54. The second-order valence-corrected chi connectivity index (χ2v) is 4.84. The Morgan fingerprint density at radius 1 is 1.35 bits per heavy atom. The van der Waals surface area contributed by atoms with Crippen molar-refractivity contribution in [1.29, 1.82) is 0 Å². The van der Waals surface area contributed by atoms with Gasteiger partial charge in [-0.15, -0.1) is 11.3 Å². The zero-order valence-corrected chi connectivity index (χ0v) is 9.99. The summed E-state index contributed by atoms with van der Waals surface area (Å²) in [6.07, 6.45) is 0. The molecule has 0 amide bonds. The van der Waals surface area contributed by atoms with Crippen molar-refractivity contribution in [3.05, 3.63) is 29.1 Å². The van der Waals surface area contributed by atoms with Crippen LogP contribution in [0.25, 0.3) is 21.6 Å². The summed E-state index contributed by atoms with van der Waals surface area (Å²) in [7, 11) is 0. The number of benzene rings is 1. The molecule has 0 atom stereocenters. The normalized spacial score (nSPS) is 11.2. The number of hydrogen-bond donors (Lipinski definition) is 1. The van der Waals surface area contributed by atoms with Crippen molar-refractivity contribution in [3.8, 4) is 11.4 Å². The summed E-state index contributed by atoms with van der Waals surface area (Å²) in [4.78, 5) is 8.71. The molecule has 0 aliphatic rings. The number of nitrogens with two attached hydrogens (primary N) is 1. The molecule has 3 aromatic rings. The van der Waals surface area contributed by atoms with Gasteiger partial charge in [-0.05, 0) is 19.1 Å². The lowest BCUT2D eigenvalue weighted by molar-refractivity contribution is 0.380. The topological polar surface area (TPSA) is 77.8 Å². The Morgan fingerprint density at radius 3 is 3.00 bits per heavy atom. The molecule has 0 saturated carbocycles. The molecular weight excluding hydrogens is 236 g/mol. The average Bonchev–Trinajstić information content (AvgIpc) is 2.92. The van der Waals surface area contributed by atoms with Crippen LogP contribution in [-0.4, -0.2) is 15.1 Å². The van der Waals surface area contributed by atoms with Gasteiger partial charge in [-0.2, -0.15) is 4.98 Å². The van der Waals surface area contributed by atoms with Gasteiger partial charge in [0.1, 0.15) is 0 Å². The first-order valence-corrected chi connectivity index (χ1v) is 5.99. The molecule has 6 heteroatoms. The molecular formula is C11H10N4OS. The van der Waals surface area contributed by atoms with E-state index in [2.05, 4.69) is 15.1 Å². The molecule has 17 heavy (non-hydrogen) atoms. The van der Waals surface area contributed by atoms with Gasteiger partial charge < -0.3 is 10.3 Å². The minimum Gasteiger partial charge on any atom is -0.338 e. The Kier molecular flexibility index (Phi) is 2.38. The number of para-hydroxylation sites is 1. The summed E-state index contributed by atoms with van der Waals surface area (Å²) in [6, 6.07) is 5.94. The monoisotopic (exact) mass is 246 g/mol. The number of aromatic nitrogens is 3. The van der Waals surface area contributed by atoms with Crippen LogP contribution in [0.5, 0.6) is 0 Å². The third kappa shape index (κ3) is 1.71. The minimum absolute atomic E-state index is 0.249. The van der Waals surface area contributed by atoms with Crippen molar-refractivity contribution >= 4 is 21.6 Å². The summed E-state index contributed by atoms with van der Waals surface area (Å²) in [5.74, 6) is 0.977. The molecule has 0 saturated heterocycles. The van der Waals surface area contributed by atoms with Crippen molar-refractivity contribution < 1.29 is 4.52 Å². The van der Waals surface area contributed by atoms with Gasteiger partial charge in [0.15, 0.2) is 0 Å². The van der Waals surface area contributed by atoms with Crippen LogP contribution in [0.2, 0.25) is 0 Å². The molecule has 0 bridgehead atoms. The Balaban J connectivity index is 2.22. The number of hydrogen-bond acceptors (Lipinski definition) is 6. The van der Waals surface area contributed by atoms with E-state index in [4.69, 9.17) is 10.3 Å².